The number of nitrogens with one attached hydrogen (secondary N) is 1. The van der Waals surface area contributed by atoms with E-state index in [4.69, 9.17) is 11.6 Å². The molecule has 13 heavy (non-hydrogen) atoms. The lowest BCUT2D eigenvalue weighted by Crippen LogP contribution is -1.86. The molecule has 2 nitrogen and oxygen atoms in total. The third-order valence-electron chi connectivity index (χ3n) is 1.94. The van der Waals surface area contributed by atoms with E-state index >= 15 is 0 Å². The van der Waals surface area contributed by atoms with Gasteiger partial charge in [0.2, 0.25) is 0 Å². The molecule has 0 aliphatic rings. The van der Waals surface area contributed by atoms with Crippen LogP contribution in [0.5, 0.6) is 0 Å². The SMILES string of the molecule is Fc1ccc2c(CCCl)[nH]nc2c1. The average molecular weight is 199 g/mol. The number of H-pyrrole nitrogens is 1. The Morgan fingerprint density at radius 2 is 2.31 bits per heavy atom. The van der Waals surface area contributed by atoms with Gasteiger partial charge in [-0.1, -0.05) is 0 Å². The van der Waals surface area contributed by atoms with Crippen molar-refractivity contribution < 1.29 is 4.39 Å². The largest absolute Gasteiger partial charge is 0.281 e. The van der Waals surface area contributed by atoms with E-state index in [1.54, 1.807) is 6.07 Å². The molecule has 0 saturated heterocycles. The molecule has 4 heteroatoms. The van der Waals surface area contributed by atoms with Crippen LogP contribution in [-0.2, 0) is 6.42 Å². The van der Waals surface area contributed by atoms with Crippen molar-refractivity contribution in [3.63, 3.8) is 0 Å². The normalized spacial score (nSPS) is 10.9. The third-order valence-corrected chi connectivity index (χ3v) is 2.13. The minimum Gasteiger partial charge on any atom is -0.281 e. The molecule has 1 N–H and O–H groups in total. The van der Waals surface area contributed by atoms with Gasteiger partial charge < -0.3 is 0 Å². The smallest absolute Gasteiger partial charge is 0.125 e. The zero-order valence-corrected chi connectivity index (χ0v) is 7.61. The number of rotatable bonds is 2. The van der Waals surface area contributed by atoms with E-state index in [0.29, 0.717) is 11.4 Å². The molecule has 0 fully saturated rings. The highest BCUT2D eigenvalue weighted by molar-refractivity contribution is 6.18. The van der Waals surface area contributed by atoms with Gasteiger partial charge in [-0.05, 0) is 12.1 Å². The standard InChI is InChI=1S/C9H8ClFN2/c10-4-3-8-7-2-1-6(11)5-9(7)13-12-8/h1-2,5H,3-4H2,(H,12,13). The zero-order chi connectivity index (χ0) is 9.26. The summed E-state index contributed by atoms with van der Waals surface area (Å²) in [6.45, 7) is 0. The van der Waals surface area contributed by atoms with Crippen LogP contribution in [0, 0.1) is 5.82 Å². The fourth-order valence-corrected chi connectivity index (χ4v) is 1.51. The molecule has 1 aromatic carbocycles. The van der Waals surface area contributed by atoms with Crippen LogP contribution in [-0.4, -0.2) is 16.1 Å². The van der Waals surface area contributed by atoms with Crippen LogP contribution < -0.4 is 0 Å². The lowest BCUT2D eigenvalue weighted by Gasteiger charge is -1.92. The van der Waals surface area contributed by atoms with Gasteiger partial charge in [0.25, 0.3) is 0 Å². The van der Waals surface area contributed by atoms with Crippen molar-refractivity contribution in [1.29, 1.82) is 0 Å². The first-order valence-electron chi connectivity index (χ1n) is 4.00. The number of benzene rings is 1. The lowest BCUT2D eigenvalue weighted by atomic mass is 10.2. The van der Waals surface area contributed by atoms with Gasteiger partial charge in [-0.25, -0.2) is 4.39 Å². The van der Waals surface area contributed by atoms with E-state index in [1.807, 2.05) is 0 Å². The monoisotopic (exact) mass is 198 g/mol. The summed E-state index contributed by atoms with van der Waals surface area (Å²) in [6, 6.07) is 4.55. The Labute approximate surface area is 79.7 Å². The van der Waals surface area contributed by atoms with Crippen molar-refractivity contribution in [1.82, 2.24) is 10.2 Å². The summed E-state index contributed by atoms with van der Waals surface area (Å²) in [5.41, 5.74) is 1.62. The molecule has 0 atom stereocenters. The first kappa shape index (κ1) is 8.51. The molecule has 1 heterocycles. The molecular formula is C9H8ClFN2. The van der Waals surface area contributed by atoms with Gasteiger partial charge in [-0.15, -0.1) is 11.6 Å². The fraction of sp³-hybridized carbons (Fsp3) is 0.222. The van der Waals surface area contributed by atoms with E-state index in [9.17, 15) is 4.39 Å². The van der Waals surface area contributed by atoms with Crippen LogP contribution in [0.3, 0.4) is 0 Å². The number of aromatic amines is 1. The van der Waals surface area contributed by atoms with Crippen molar-refractivity contribution in [3.05, 3.63) is 29.7 Å². The summed E-state index contributed by atoms with van der Waals surface area (Å²) in [7, 11) is 0. The van der Waals surface area contributed by atoms with Gasteiger partial charge in [0.1, 0.15) is 5.82 Å². The predicted molar refractivity (Wildman–Crippen MR) is 50.5 cm³/mol. The fourth-order valence-electron chi connectivity index (χ4n) is 1.33. The van der Waals surface area contributed by atoms with Crippen molar-refractivity contribution in [2.45, 2.75) is 6.42 Å². The Morgan fingerprint density at radius 3 is 3.08 bits per heavy atom. The molecule has 0 aliphatic carbocycles. The van der Waals surface area contributed by atoms with Crippen molar-refractivity contribution in [3.8, 4) is 0 Å². The molecular weight excluding hydrogens is 191 g/mol. The number of alkyl halides is 1. The molecule has 0 bridgehead atoms. The number of fused-ring (bicyclic) bond motifs is 1. The maximum absolute atomic E-state index is 12.8. The Kier molecular flexibility index (Phi) is 2.19. The van der Waals surface area contributed by atoms with Gasteiger partial charge in [0.05, 0.1) is 5.52 Å². The summed E-state index contributed by atoms with van der Waals surface area (Å²) in [5.74, 6) is 0.269. The van der Waals surface area contributed by atoms with E-state index in [1.165, 1.54) is 12.1 Å². The summed E-state index contributed by atoms with van der Waals surface area (Å²) in [5, 5.41) is 7.76. The zero-order valence-electron chi connectivity index (χ0n) is 6.85. The highest BCUT2D eigenvalue weighted by Crippen LogP contribution is 2.17. The van der Waals surface area contributed by atoms with Crippen molar-refractivity contribution in [2.24, 2.45) is 0 Å². The van der Waals surface area contributed by atoms with Crippen molar-refractivity contribution >= 4 is 22.5 Å². The molecule has 0 radical (unpaired) electrons. The summed E-state index contributed by atoms with van der Waals surface area (Å²) in [4.78, 5) is 0. The Hall–Kier alpha value is -1.09. The van der Waals surface area contributed by atoms with Crippen LogP contribution in [0.1, 0.15) is 5.69 Å². The molecule has 1 aromatic heterocycles. The van der Waals surface area contributed by atoms with Gasteiger partial charge in [-0.2, -0.15) is 5.10 Å². The topological polar surface area (TPSA) is 28.7 Å². The molecule has 0 saturated carbocycles. The molecule has 68 valence electrons. The van der Waals surface area contributed by atoms with E-state index in [-0.39, 0.29) is 5.82 Å². The second kappa shape index (κ2) is 3.34. The second-order valence-corrected chi connectivity index (χ2v) is 3.18. The number of nitrogens with zero attached hydrogens (tertiary/aromatic N) is 1. The highest BCUT2D eigenvalue weighted by atomic mass is 35.5. The van der Waals surface area contributed by atoms with Crippen LogP contribution in [0.4, 0.5) is 4.39 Å². The predicted octanol–water partition coefficient (Wildman–Crippen LogP) is 2.48. The van der Waals surface area contributed by atoms with Crippen LogP contribution >= 0.6 is 11.6 Å². The maximum Gasteiger partial charge on any atom is 0.125 e. The van der Waals surface area contributed by atoms with E-state index in [2.05, 4.69) is 10.2 Å². The summed E-state index contributed by atoms with van der Waals surface area (Å²) in [6.07, 6.45) is 0.726. The minimum absolute atomic E-state index is 0.267. The quantitative estimate of drug-likeness (QED) is 0.738. The Bertz CT molecular complexity index is 424. The second-order valence-electron chi connectivity index (χ2n) is 2.80. The van der Waals surface area contributed by atoms with Crippen molar-refractivity contribution in [2.75, 3.05) is 5.88 Å². The molecule has 0 unspecified atom stereocenters. The van der Waals surface area contributed by atoms with Gasteiger partial charge in [-0.3, -0.25) is 5.10 Å². The number of aryl methyl sites for hydroxylation is 1. The molecule has 2 aromatic rings. The van der Waals surface area contributed by atoms with Crippen LogP contribution in [0.2, 0.25) is 0 Å². The molecule has 0 spiro atoms. The first-order chi connectivity index (χ1) is 6.31. The van der Waals surface area contributed by atoms with Gasteiger partial charge in [0, 0.05) is 29.4 Å². The van der Waals surface area contributed by atoms with E-state index in [0.717, 1.165) is 17.5 Å². The molecule has 0 aliphatic heterocycles. The van der Waals surface area contributed by atoms with Gasteiger partial charge >= 0.3 is 0 Å². The van der Waals surface area contributed by atoms with Crippen LogP contribution in [0.25, 0.3) is 10.9 Å². The first-order valence-corrected chi connectivity index (χ1v) is 4.53. The maximum atomic E-state index is 12.8. The summed E-state index contributed by atoms with van der Waals surface area (Å²) < 4.78 is 12.8. The molecule has 0 amide bonds. The minimum atomic E-state index is -0.267. The number of halogens is 2. The van der Waals surface area contributed by atoms with E-state index < -0.39 is 0 Å². The lowest BCUT2D eigenvalue weighted by molar-refractivity contribution is 0.629. The summed E-state index contributed by atoms with van der Waals surface area (Å²) >= 11 is 5.60. The number of hydrogen-bond acceptors (Lipinski definition) is 1. The third kappa shape index (κ3) is 1.52. The van der Waals surface area contributed by atoms with Crippen LogP contribution in [0.15, 0.2) is 18.2 Å². The average Bonchev–Trinajstić information content (AvgIpc) is 2.49. The molecule has 2 rings (SSSR count). The Balaban J connectivity index is 2.55. The van der Waals surface area contributed by atoms with Gasteiger partial charge in [0.15, 0.2) is 0 Å². The number of aromatic nitrogens is 2. The Morgan fingerprint density at radius 1 is 1.46 bits per heavy atom. The highest BCUT2D eigenvalue weighted by Gasteiger charge is 2.04. The number of hydrogen-bond donors (Lipinski definition) is 1.